The van der Waals surface area contributed by atoms with Crippen LogP contribution >= 0.6 is 11.6 Å². The van der Waals surface area contributed by atoms with Gasteiger partial charge in [0.15, 0.2) is 5.82 Å². The van der Waals surface area contributed by atoms with E-state index in [-0.39, 0.29) is 12.0 Å². The first kappa shape index (κ1) is 17.4. The van der Waals surface area contributed by atoms with Crippen LogP contribution in [-0.4, -0.2) is 47.0 Å². The molecule has 1 fully saturated rings. The highest BCUT2D eigenvalue weighted by Gasteiger charge is 2.27. The van der Waals surface area contributed by atoms with Crippen molar-refractivity contribution in [2.45, 2.75) is 12.5 Å². The van der Waals surface area contributed by atoms with E-state index in [1.165, 1.54) is 0 Å². The number of aromatic nitrogens is 2. The fourth-order valence-corrected chi connectivity index (χ4v) is 2.77. The van der Waals surface area contributed by atoms with Crippen molar-refractivity contribution in [3.63, 3.8) is 0 Å². The molecule has 2 aromatic rings. The van der Waals surface area contributed by atoms with Crippen molar-refractivity contribution in [2.24, 2.45) is 5.92 Å². The molecule has 0 unspecified atom stereocenters. The van der Waals surface area contributed by atoms with Gasteiger partial charge in [0.25, 0.3) is 0 Å². The number of amides is 1. The Morgan fingerprint density at radius 1 is 1.32 bits per heavy atom. The molecule has 25 heavy (non-hydrogen) atoms. The number of halogens is 1. The molecule has 2 heterocycles. The molecule has 132 valence electrons. The van der Waals surface area contributed by atoms with Crippen LogP contribution in [-0.2, 0) is 4.74 Å². The van der Waals surface area contributed by atoms with Crippen molar-refractivity contribution in [2.75, 3.05) is 19.8 Å². The standard InChI is InChI=1S/C17H18ClN3O4/c18-13-7-19-16(20-8-13)11-1-3-14(4-2-11)25-10-12-9-24-6-5-15(12)21-17(22)23/h1-4,7-8,12,15,21H,5-6,9-10H2,(H,22,23)/t12-,15+/m1/s1. The second-order valence-electron chi connectivity index (χ2n) is 5.74. The summed E-state index contributed by atoms with van der Waals surface area (Å²) in [6.45, 7) is 1.40. The Hall–Kier alpha value is -2.38. The number of benzene rings is 1. The highest BCUT2D eigenvalue weighted by molar-refractivity contribution is 6.30. The summed E-state index contributed by atoms with van der Waals surface area (Å²) >= 11 is 5.79. The van der Waals surface area contributed by atoms with Crippen LogP contribution in [0.2, 0.25) is 5.02 Å². The normalized spacial score (nSPS) is 20.0. The monoisotopic (exact) mass is 363 g/mol. The molecule has 0 spiro atoms. The molecule has 1 saturated heterocycles. The Labute approximate surface area is 150 Å². The largest absolute Gasteiger partial charge is 0.493 e. The van der Waals surface area contributed by atoms with Crippen molar-refractivity contribution in [3.05, 3.63) is 41.7 Å². The summed E-state index contributed by atoms with van der Waals surface area (Å²) < 4.78 is 11.2. The molecule has 0 radical (unpaired) electrons. The van der Waals surface area contributed by atoms with E-state index in [2.05, 4.69) is 15.3 Å². The van der Waals surface area contributed by atoms with E-state index in [0.29, 0.717) is 42.8 Å². The molecule has 1 aliphatic heterocycles. The number of nitrogens with zero attached hydrogens (tertiary/aromatic N) is 2. The van der Waals surface area contributed by atoms with E-state index < -0.39 is 6.09 Å². The molecule has 0 aliphatic carbocycles. The molecule has 8 heteroatoms. The van der Waals surface area contributed by atoms with Crippen LogP contribution in [0, 0.1) is 5.92 Å². The highest BCUT2D eigenvalue weighted by atomic mass is 35.5. The minimum absolute atomic E-state index is 0.0240. The van der Waals surface area contributed by atoms with Gasteiger partial charge in [-0.1, -0.05) is 11.6 Å². The molecule has 2 atom stereocenters. The maximum absolute atomic E-state index is 10.9. The zero-order chi connectivity index (χ0) is 17.6. The maximum atomic E-state index is 10.9. The molecule has 3 rings (SSSR count). The lowest BCUT2D eigenvalue weighted by molar-refractivity contribution is 0.0140. The van der Waals surface area contributed by atoms with Crippen LogP contribution in [0.25, 0.3) is 11.4 Å². The van der Waals surface area contributed by atoms with E-state index in [0.717, 1.165) is 5.56 Å². The number of ether oxygens (including phenoxy) is 2. The van der Waals surface area contributed by atoms with Gasteiger partial charge in [0.1, 0.15) is 5.75 Å². The van der Waals surface area contributed by atoms with E-state index in [1.807, 2.05) is 24.3 Å². The number of carboxylic acid groups (broad SMARTS) is 1. The molecule has 1 aromatic heterocycles. The third-order valence-corrected chi connectivity index (χ3v) is 4.18. The topological polar surface area (TPSA) is 93.6 Å². The number of carbonyl (C=O) groups is 1. The maximum Gasteiger partial charge on any atom is 0.404 e. The predicted octanol–water partition coefficient (Wildman–Crippen LogP) is 2.85. The van der Waals surface area contributed by atoms with Gasteiger partial charge in [-0.2, -0.15) is 0 Å². The van der Waals surface area contributed by atoms with E-state index >= 15 is 0 Å². The van der Waals surface area contributed by atoms with Gasteiger partial charge in [0.2, 0.25) is 0 Å². The fraction of sp³-hybridized carbons (Fsp3) is 0.353. The number of rotatable bonds is 5. The first-order valence-electron chi connectivity index (χ1n) is 7.90. The first-order valence-corrected chi connectivity index (χ1v) is 8.27. The van der Waals surface area contributed by atoms with E-state index in [1.54, 1.807) is 12.4 Å². The van der Waals surface area contributed by atoms with Crippen LogP contribution in [0.3, 0.4) is 0 Å². The average Bonchev–Trinajstić information content (AvgIpc) is 2.62. The summed E-state index contributed by atoms with van der Waals surface area (Å²) in [4.78, 5) is 19.2. The highest BCUT2D eigenvalue weighted by Crippen LogP contribution is 2.22. The second-order valence-corrected chi connectivity index (χ2v) is 6.18. The molecule has 1 amide bonds. The molecule has 1 aromatic carbocycles. The Morgan fingerprint density at radius 3 is 2.72 bits per heavy atom. The van der Waals surface area contributed by atoms with Crippen molar-refractivity contribution >= 4 is 17.7 Å². The molecule has 0 saturated carbocycles. The van der Waals surface area contributed by atoms with Crippen LogP contribution in [0.4, 0.5) is 4.79 Å². The third kappa shape index (κ3) is 4.80. The third-order valence-electron chi connectivity index (χ3n) is 3.98. The zero-order valence-corrected chi connectivity index (χ0v) is 14.1. The number of hydrogen-bond donors (Lipinski definition) is 2. The number of nitrogens with one attached hydrogen (secondary N) is 1. The minimum atomic E-state index is -1.02. The smallest absolute Gasteiger partial charge is 0.404 e. The number of hydrogen-bond acceptors (Lipinski definition) is 5. The average molecular weight is 364 g/mol. The zero-order valence-electron chi connectivity index (χ0n) is 13.4. The molecule has 0 bridgehead atoms. The summed E-state index contributed by atoms with van der Waals surface area (Å²) in [7, 11) is 0. The van der Waals surface area contributed by atoms with Gasteiger partial charge in [-0.25, -0.2) is 14.8 Å². The van der Waals surface area contributed by atoms with Crippen molar-refractivity contribution < 1.29 is 19.4 Å². The Balaban J connectivity index is 1.59. The van der Waals surface area contributed by atoms with Crippen LogP contribution < -0.4 is 10.1 Å². The Bertz CT molecular complexity index is 709. The van der Waals surface area contributed by atoms with Crippen LogP contribution in [0.5, 0.6) is 5.75 Å². The lowest BCUT2D eigenvalue weighted by Gasteiger charge is -2.31. The first-order chi connectivity index (χ1) is 12.1. The van der Waals surface area contributed by atoms with Gasteiger partial charge in [-0.05, 0) is 30.7 Å². The minimum Gasteiger partial charge on any atom is -0.493 e. The quantitative estimate of drug-likeness (QED) is 0.848. The molecule has 2 N–H and O–H groups in total. The summed E-state index contributed by atoms with van der Waals surface area (Å²) in [6, 6.07) is 7.23. The second kappa shape index (κ2) is 8.13. The van der Waals surface area contributed by atoms with Crippen molar-refractivity contribution in [1.29, 1.82) is 0 Å². The summed E-state index contributed by atoms with van der Waals surface area (Å²) in [5.41, 5.74) is 0.857. The van der Waals surface area contributed by atoms with Crippen LogP contribution in [0.1, 0.15) is 6.42 Å². The summed E-state index contributed by atoms with van der Waals surface area (Å²) in [6.07, 6.45) is 2.72. The SMILES string of the molecule is O=C(O)N[C@H]1CCOC[C@@H]1COc1ccc(-c2ncc(Cl)cn2)cc1. The van der Waals surface area contributed by atoms with Gasteiger partial charge in [-0.3, -0.25) is 0 Å². The van der Waals surface area contributed by atoms with Gasteiger partial charge >= 0.3 is 6.09 Å². The summed E-state index contributed by atoms with van der Waals surface area (Å²) in [5, 5.41) is 11.9. The Kier molecular flexibility index (Phi) is 5.67. The molecule has 7 nitrogen and oxygen atoms in total. The molecular weight excluding hydrogens is 346 g/mol. The summed E-state index contributed by atoms with van der Waals surface area (Å²) in [5.74, 6) is 1.25. The van der Waals surface area contributed by atoms with E-state index in [4.69, 9.17) is 26.2 Å². The lowest BCUT2D eigenvalue weighted by atomic mass is 9.97. The van der Waals surface area contributed by atoms with Gasteiger partial charge in [-0.15, -0.1) is 0 Å². The van der Waals surface area contributed by atoms with Gasteiger partial charge < -0.3 is 19.9 Å². The van der Waals surface area contributed by atoms with E-state index in [9.17, 15) is 4.79 Å². The van der Waals surface area contributed by atoms with Crippen molar-refractivity contribution in [1.82, 2.24) is 15.3 Å². The lowest BCUT2D eigenvalue weighted by Crippen LogP contribution is -2.47. The van der Waals surface area contributed by atoms with Crippen molar-refractivity contribution in [3.8, 4) is 17.1 Å². The van der Waals surface area contributed by atoms with Gasteiger partial charge in [0, 0.05) is 36.5 Å². The predicted molar refractivity (Wildman–Crippen MR) is 91.8 cm³/mol. The Morgan fingerprint density at radius 2 is 2.04 bits per heavy atom. The molecule has 1 aliphatic rings. The fourth-order valence-electron chi connectivity index (χ4n) is 2.67. The van der Waals surface area contributed by atoms with Gasteiger partial charge in [0.05, 0.1) is 18.2 Å². The van der Waals surface area contributed by atoms with Crippen LogP contribution in [0.15, 0.2) is 36.7 Å². The molecular formula is C17H18ClN3O4.